The molecule has 0 radical (unpaired) electrons. The summed E-state index contributed by atoms with van der Waals surface area (Å²) in [7, 11) is 3.15. The predicted molar refractivity (Wildman–Crippen MR) is 61.4 cm³/mol. The van der Waals surface area contributed by atoms with Crippen molar-refractivity contribution in [2.45, 2.75) is 11.2 Å². The topological polar surface area (TPSA) is 42.2 Å². The van der Waals surface area contributed by atoms with Gasteiger partial charge in [-0.2, -0.15) is 5.26 Å². The molecule has 0 saturated heterocycles. The number of rotatable bonds is 3. The van der Waals surface area contributed by atoms with E-state index in [9.17, 15) is 0 Å². The summed E-state index contributed by atoms with van der Waals surface area (Å²) >= 11 is 3.34. The van der Waals surface area contributed by atoms with Crippen LogP contribution in [0, 0.1) is 11.3 Å². The molecule has 0 fully saturated rings. The van der Waals surface area contributed by atoms with Crippen molar-refractivity contribution in [2.75, 3.05) is 14.2 Å². The van der Waals surface area contributed by atoms with Gasteiger partial charge in [0, 0.05) is 0 Å². The highest BCUT2D eigenvalue weighted by Crippen LogP contribution is 2.36. The Morgan fingerprint density at radius 2 is 1.87 bits per heavy atom. The number of halogens is 1. The third-order valence-electron chi connectivity index (χ3n) is 2.14. The smallest absolute Gasteiger partial charge is 0.161 e. The molecular formula is C11H12BrNO2. The highest BCUT2D eigenvalue weighted by Gasteiger charge is 2.23. The monoisotopic (exact) mass is 269 g/mol. The van der Waals surface area contributed by atoms with Crippen LogP contribution in [0.3, 0.4) is 0 Å². The first-order chi connectivity index (χ1) is 7.05. The number of nitriles is 1. The van der Waals surface area contributed by atoms with E-state index in [4.69, 9.17) is 14.7 Å². The van der Waals surface area contributed by atoms with Gasteiger partial charge < -0.3 is 9.47 Å². The van der Waals surface area contributed by atoms with Crippen molar-refractivity contribution in [3.8, 4) is 17.6 Å². The van der Waals surface area contributed by atoms with Crippen LogP contribution >= 0.6 is 15.9 Å². The number of hydrogen-bond donors (Lipinski definition) is 0. The van der Waals surface area contributed by atoms with E-state index in [0.717, 1.165) is 5.56 Å². The summed E-state index contributed by atoms with van der Waals surface area (Å²) in [6, 6.07) is 7.57. The second kappa shape index (κ2) is 4.54. The summed E-state index contributed by atoms with van der Waals surface area (Å²) in [6.45, 7) is 1.79. The summed E-state index contributed by atoms with van der Waals surface area (Å²) < 4.78 is 9.57. The first-order valence-corrected chi connectivity index (χ1v) is 5.17. The van der Waals surface area contributed by atoms with Crippen molar-refractivity contribution in [3.63, 3.8) is 0 Å². The molecule has 0 saturated carbocycles. The summed E-state index contributed by atoms with van der Waals surface area (Å²) in [5, 5.41) is 8.97. The molecule has 1 rings (SSSR count). The van der Waals surface area contributed by atoms with Gasteiger partial charge in [-0.1, -0.05) is 22.0 Å². The summed E-state index contributed by atoms with van der Waals surface area (Å²) in [5.41, 5.74) is 0.836. The Morgan fingerprint density at radius 3 is 2.33 bits per heavy atom. The summed E-state index contributed by atoms with van der Waals surface area (Å²) in [5.74, 6) is 1.28. The zero-order valence-corrected chi connectivity index (χ0v) is 10.5. The molecule has 1 aromatic carbocycles. The highest BCUT2D eigenvalue weighted by molar-refractivity contribution is 9.09. The van der Waals surface area contributed by atoms with E-state index in [1.54, 1.807) is 33.3 Å². The quantitative estimate of drug-likeness (QED) is 0.793. The third-order valence-corrected chi connectivity index (χ3v) is 2.77. The average Bonchev–Trinajstić information content (AvgIpc) is 2.28. The lowest BCUT2D eigenvalue weighted by Crippen LogP contribution is -2.09. The number of nitrogens with zero attached hydrogens (tertiary/aromatic N) is 1. The Morgan fingerprint density at radius 1 is 1.27 bits per heavy atom. The van der Waals surface area contributed by atoms with Crippen molar-refractivity contribution in [1.29, 1.82) is 5.26 Å². The van der Waals surface area contributed by atoms with Gasteiger partial charge in [0.15, 0.2) is 11.5 Å². The molecule has 3 nitrogen and oxygen atoms in total. The first-order valence-electron chi connectivity index (χ1n) is 4.38. The maximum Gasteiger partial charge on any atom is 0.161 e. The fourth-order valence-corrected chi connectivity index (χ4v) is 1.44. The highest BCUT2D eigenvalue weighted by atomic mass is 79.9. The van der Waals surface area contributed by atoms with Crippen LogP contribution in [0.1, 0.15) is 12.5 Å². The fraction of sp³-hybridized carbons (Fsp3) is 0.364. The molecular weight excluding hydrogens is 258 g/mol. The van der Waals surface area contributed by atoms with E-state index >= 15 is 0 Å². The van der Waals surface area contributed by atoms with E-state index in [-0.39, 0.29) is 0 Å². The standard InChI is InChI=1S/C11H12BrNO2/c1-11(12,7-13)8-4-5-9(14-2)10(6-8)15-3/h4-6H,1-3H3. The Balaban J connectivity index is 3.21. The largest absolute Gasteiger partial charge is 0.493 e. The van der Waals surface area contributed by atoms with Crippen LogP contribution < -0.4 is 9.47 Å². The van der Waals surface area contributed by atoms with E-state index in [2.05, 4.69) is 22.0 Å². The van der Waals surface area contributed by atoms with Crippen molar-refractivity contribution >= 4 is 15.9 Å². The third kappa shape index (κ3) is 2.42. The van der Waals surface area contributed by atoms with E-state index in [1.165, 1.54) is 0 Å². The number of benzene rings is 1. The Labute approximate surface area is 97.7 Å². The van der Waals surface area contributed by atoms with Gasteiger partial charge in [0.2, 0.25) is 0 Å². The molecule has 80 valence electrons. The second-order valence-electron chi connectivity index (χ2n) is 3.18. The molecule has 0 aliphatic rings. The van der Waals surface area contributed by atoms with Crippen LogP contribution in [0.15, 0.2) is 18.2 Å². The molecule has 1 atom stereocenters. The molecule has 1 unspecified atom stereocenters. The van der Waals surface area contributed by atoms with Crippen LogP contribution in [0.2, 0.25) is 0 Å². The maximum absolute atomic E-state index is 8.97. The average molecular weight is 270 g/mol. The maximum atomic E-state index is 8.97. The SMILES string of the molecule is COc1ccc(C(C)(Br)C#N)cc1OC. The Bertz CT molecular complexity index is 396. The van der Waals surface area contributed by atoms with Crippen LogP contribution in [-0.4, -0.2) is 14.2 Å². The molecule has 4 heteroatoms. The lowest BCUT2D eigenvalue weighted by Gasteiger charge is -2.16. The van der Waals surface area contributed by atoms with Crippen LogP contribution in [0.25, 0.3) is 0 Å². The fourth-order valence-electron chi connectivity index (χ4n) is 1.19. The number of hydrogen-bond acceptors (Lipinski definition) is 3. The number of alkyl halides is 1. The molecule has 1 aromatic rings. The minimum atomic E-state index is -0.702. The van der Waals surface area contributed by atoms with Crippen LogP contribution in [0.5, 0.6) is 11.5 Å². The van der Waals surface area contributed by atoms with Crippen LogP contribution in [-0.2, 0) is 4.32 Å². The zero-order chi connectivity index (χ0) is 11.5. The van der Waals surface area contributed by atoms with E-state index in [1.807, 2.05) is 6.07 Å². The number of methoxy groups -OCH3 is 2. The van der Waals surface area contributed by atoms with Crippen molar-refractivity contribution < 1.29 is 9.47 Å². The van der Waals surface area contributed by atoms with Gasteiger partial charge in [0.1, 0.15) is 4.32 Å². The Hall–Kier alpha value is -1.21. The van der Waals surface area contributed by atoms with Crippen molar-refractivity contribution in [3.05, 3.63) is 23.8 Å². The van der Waals surface area contributed by atoms with Crippen LogP contribution in [0.4, 0.5) is 0 Å². The van der Waals surface area contributed by atoms with E-state index < -0.39 is 4.32 Å². The van der Waals surface area contributed by atoms with Gasteiger partial charge in [0.05, 0.1) is 20.3 Å². The second-order valence-corrected chi connectivity index (χ2v) is 4.77. The lowest BCUT2D eigenvalue weighted by molar-refractivity contribution is 0.354. The molecule has 0 aliphatic heterocycles. The molecule has 0 heterocycles. The predicted octanol–water partition coefficient (Wildman–Crippen LogP) is 2.84. The zero-order valence-electron chi connectivity index (χ0n) is 8.87. The molecule has 0 aromatic heterocycles. The van der Waals surface area contributed by atoms with Gasteiger partial charge in [-0.3, -0.25) is 0 Å². The number of ether oxygens (including phenoxy) is 2. The molecule has 0 spiro atoms. The van der Waals surface area contributed by atoms with Gasteiger partial charge in [-0.25, -0.2) is 0 Å². The molecule has 0 N–H and O–H groups in total. The van der Waals surface area contributed by atoms with Gasteiger partial charge in [-0.05, 0) is 24.6 Å². The summed E-state index contributed by atoms with van der Waals surface area (Å²) in [4.78, 5) is 0. The Kier molecular flexibility index (Phi) is 3.59. The lowest BCUT2D eigenvalue weighted by atomic mass is 10.0. The first kappa shape index (κ1) is 11.9. The van der Waals surface area contributed by atoms with Gasteiger partial charge >= 0.3 is 0 Å². The van der Waals surface area contributed by atoms with Crippen molar-refractivity contribution in [2.24, 2.45) is 0 Å². The van der Waals surface area contributed by atoms with Gasteiger partial charge in [0.25, 0.3) is 0 Å². The summed E-state index contributed by atoms with van der Waals surface area (Å²) in [6.07, 6.45) is 0. The van der Waals surface area contributed by atoms with Crippen molar-refractivity contribution in [1.82, 2.24) is 0 Å². The van der Waals surface area contributed by atoms with E-state index in [0.29, 0.717) is 11.5 Å². The van der Waals surface area contributed by atoms with Gasteiger partial charge in [-0.15, -0.1) is 0 Å². The normalized spacial score (nSPS) is 13.8. The minimum absolute atomic E-state index is 0.621. The minimum Gasteiger partial charge on any atom is -0.493 e. The molecule has 0 aliphatic carbocycles. The molecule has 0 bridgehead atoms. The molecule has 0 amide bonds. The molecule has 15 heavy (non-hydrogen) atoms.